The SMILES string of the molecule is CCCOc1ccc(I)cc1C(C)=O. The Morgan fingerprint density at radius 3 is 2.79 bits per heavy atom. The van der Waals surface area contributed by atoms with Crippen LogP contribution in [0.15, 0.2) is 18.2 Å². The summed E-state index contributed by atoms with van der Waals surface area (Å²) in [4.78, 5) is 11.3. The van der Waals surface area contributed by atoms with Crippen LogP contribution < -0.4 is 4.74 Å². The second-order valence-corrected chi connectivity index (χ2v) is 4.29. The lowest BCUT2D eigenvalue weighted by Crippen LogP contribution is -2.02. The van der Waals surface area contributed by atoms with Gasteiger partial charge in [0.25, 0.3) is 0 Å². The van der Waals surface area contributed by atoms with Gasteiger partial charge in [0.1, 0.15) is 5.75 Å². The van der Waals surface area contributed by atoms with E-state index in [1.165, 1.54) is 0 Å². The largest absolute Gasteiger partial charge is 0.493 e. The number of carbonyl (C=O) groups excluding carboxylic acids is 1. The highest BCUT2D eigenvalue weighted by atomic mass is 127. The van der Waals surface area contributed by atoms with Crippen molar-refractivity contribution in [3.8, 4) is 5.75 Å². The number of hydrogen-bond donors (Lipinski definition) is 0. The van der Waals surface area contributed by atoms with Crippen molar-refractivity contribution in [3.05, 3.63) is 27.3 Å². The van der Waals surface area contributed by atoms with Crippen LogP contribution in [0.4, 0.5) is 0 Å². The van der Waals surface area contributed by atoms with E-state index in [2.05, 4.69) is 22.6 Å². The highest BCUT2D eigenvalue weighted by Crippen LogP contribution is 2.21. The summed E-state index contributed by atoms with van der Waals surface area (Å²) in [6, 6.07) is 5.65. The van der Waals surface area contributed by atoms with Gasteiger partial charge in [-0.05, 0) is 54.1 Å². The molecule has 76 valence electrons. The summed E-state index contributed by atoms with van der Waals surface area (Å²) < 4.78 is 6.53. The van der Waals surface area contributed by atoms with Crippen molar-refractivity contribution in [2.75, 3.05) is 6.61 Å². The fraction of sp³-hybridized carbons (Fsp3) is 0.364. The van der Waals surface area contributed by atoms with Crippen molar-refractivity contribution < 1.29 is 9.53 Å². The minimum absolute atomic E-state index is 0.0506. The lowest BCUT2D eigenvalue weighted by Gasteiger charge is -2.08. The fourth-order valence-corrected chi connectivity index (χ4v) is 1.61. The van der Waals surface area contributed by atoms with Crippen molar-refractivity contribution in [1.82, 2.24) is 0 Å². The van der Waals surface area contributed by atoms with E-state index in [1.54, 1.807) is 6.92 Å². The summed E-state index contributed by atoms with van der Waals surface area (Å²) in [6.45, 7) is 4.26. The smallest absolute Gasteiger partial charge is 0.163 e. The first-order valence-corrected chi connectivity index (χ1v) is 5.66. The van der Waals surface area contributed by atoms with Crippen molar-refractivity contribution in [3.63, 3.8) is 0 Å². The van der Waals surface area contributed by atoms with Gasteiger partial charge in [0, 0.05) is 3.57 Å². The maximum Gasteiger partial charge on any atom is 0.163 e. The molecule has 14 heavy (non-hydrogen) atoms. The number of benzene rings is 1. The minimum Gasteiger partial charge on any atom is -0.493 e. The predicted molar refractivity (Wildman–Crippen MR) is 64.9 cm³/mol. The van der Waals surface area contributed by atoms with E-state index < -0.39 is 0 Å². The van der Waals surface area contributed by atoms with E-state index in [0.717, 1.165) is 9.99 Å². The molecule has 1 rings (SSSR count). The van der Waals surface area contributed by atoms with Crippen LogP contribution in [0, 0.1) is 3.57 Å². The molecule has 0 aliphatic carbocycles. The van der Waals surface area contributed by atoms with E-state index in [0.29, 0.717) is 17.9 Å². The van der Waals surface area contributed by atoms with Crippen LogP contribution in [0.25, 0.3) is 0 Å². The van der Waals surface area contributed by atoms with Crippen LogP contribution in [-0.4, -0.2) is 12.4 Å². The number of Topliss-reactive ketones (excluding diaryl/α,β-unsaturated/α-hetero) is 1. The summed E-state index contributed by atoms with van der Waals surface area (Å²) in [7, 11) is 0. The zero-order valence-corrected chi connectivity index (χ0v) is 10.5. The zero-order chi connectivity index (χ0) is 10.6. The topological polar surface area (TPSA) is 26.3 Å². The Labute approximate surface area is 97.8 Å². The van der Waals surface area contributed by atoms with E-state index in [-0.39, 0.29) is 5.78 Å². The van der Waals surface area contributed by atoms with Crippen LogP contribution >= 0.6 is 22.6 Å². The molecule has 0 atom stereocenters. The molecule has 0 fully saturated rings. The Morgan fingerprint density at radius 2 is 2.21 bits per heavy atom. The molecule has 0 aliphatic rings. The molecule has 1 aromatic carbocycles. The van der Waals surface area contributed by atoms with Crippen LogP contribution in [0.2, 0.25) is 0 Å². The second kappa shape index (κ2) is 5.34. The van der Waals surface area contributed by atoms with Crippen molar-refractivity contribution in [1.29, 1.82) is 0 Å². The molecule has 0 saturated carbocycles. The highest BCUT2D eigenvalue weighted by molar-refractivity contribution is 14.1. The molecule has 0 aliphatic heterocycles. The first-order chi connectivity index (χ1) is 6.65. The standard InChI is InChI=1S/C11H13IO2/c1-3-6-14-11-5-4-9(12)7-10(11)8(2)13/h4-5,7H,3,6H2,1-2H3. The molecule has 0 amide bonds. The van der Waals surface area contributed by atoms with Gasteiger partial charge in [0.15, 0.2) is 5.78 Å². The number of ether oxygens (including phenoxy) is 1. The van der Waals surface area contributed by atoms with E-state index >= 15 is 0 Å². The van der Waals surface area contributed by atoms with E-state index in [4.69, 9.17) is 4.74 Å². The Hall–Kier alpha value is -0.580. The van der Waals surface area contributed by atoms with Crippen molar-refractivity contribution in [2.24, 2.45) is 0 Å². The van der Waals surface area contributed by atoms with Gasteiger partial charge in [-0.3, -0.25) is 4.79 Å². The predicted octanol–water partition coefficient (Wildman–Crippen LogP) is 3.28. The van der Waals surface area contributed by atoms with Gasteiger partial charge in [-0.2, -0.15) is 0 Å². The first kappa shape index (κ1) is 11.5. The number of hydrogen-bond acceptors (Lipinski definition) is 2. The summed E-state index contributed by atoms with van der Waals surface area (Å²) in [5.41, 5.74) is 0.672. The summed E-state index contributed by atoms with van der Waals surface area (Å²) in [5, 5.41) is 0. The Kier molecular flexibility index (Phi) is 4.38. The molecule has 0 bridgehead atoms. The van der Waals surface area contributed by atoms with Crippen LogP contribution in [0.3, 0.4) is 0 Å². The molecular formula is C11H13IO2. The lowest BCUT2D eigenvalue weighted by molar-refractivity contribution is 0.101. The quantitative estimate of drug-likeness (QED) is 0.630. The molecule has 0 radical (unpaired) electrons. The number of ketones is 1. The normalized spacial score (nSPS) is 9.93. The third-order valence-corrected chi connectivity index (χ3v) is 2.45. The third-order valence-electron chi connectivity index (χ3n) is 1.78. The minimum atomic E-state index is 0.0506. The lowest BCUT2D eigenvalue weighted by atomic mass is 10.1. The molecule has 2 nitrogen and oxygen atoms in total. The Balaban J connectivity index is 2.96. The zero-order valence-electron chi connectivity index (χ0n) is 8.34. The Bertz CT molecular complexity index is 334. The van der Waals surface area contributed by atoms with Crippen molar-refractivity contribution in [2.45, 2.75) is 20.3 Å². The molecule has 0 aromatic heterocycles. The van der Waals surface area contributed by atoms with Crippen molar-refractivity contribution >= 4 is 28.4 Å². The summed E-state index contributed by atoms with van der Waals surface area (Å²) in [5.74, 6) is 0.745. The molecule has 0 heterocycles. The molecule has 0 unspecified atom stereocenters. The summed E-state index contributed by atoms with van der Waals surface area (Å²) >= 11 is 2.19. The molecular weight excluding hydrogens is 291 g/mol. The van der Waals surface area contributed by atoms with Gasteiger partial charge in [0.05, 0.1) is 12.2 Å². The molecule has 0 spiro atoms. The van der Waals surface area contributed by atoms with Gasteiger partial charge in [-0.15, -0.1) is 0 Å². The highest BCUT2D eigenvalue weighted by Gasteiger charge is 2.08. The summed E-state index contributed by atoms with van der Waals surface area (Å²) in [6.07, 6.45) is 0.948. The Morgan fingerprint density at radius 1 is 1.50 bits per heavy atom. The van der Waals surface area contributed by atoms with Gasteiger partial charge < -0.3 is 4.74 Å². The number of carbonyl (C=O) groups is 1. The third kappa shape index (κ3) is 2.97. The van der Waals surface area contributed by atoms with Gasteiger partial charge in [-0.25, -0.2) is 0 Å². The van der Waals surface area contributed by atoms with Crippen LogP contribution in [-0.2, 0) is 0 Å². The van der Waals surface area contributed by atoms with Gasteiger partial charge >= 0.3 is 0 Å². The number of rotatable bonds is 4. The molecule has 0 saturated heterocycles. The van der Waals surface area contributed by atoms with Crippen LogP contribution in [0.5, 0.6) is 5.75 Å². The van der Waals surface area contributed by atoms with Gasteiger partial charge in [0.2, 0.25) is 0 Å². The maximum atomic E-state index is 11.3. The average molecular weight is 304 g/mol. The maximum absolute atomic E-state index is 11.3. The molecule has 0 N–H and O–H groups in total. The van der Waals surface area contributed by atoms with Crippen LogP contribution in [0.1, 0.15) is 30.6 Å². The first-order valence-electron chi connectivity index (χ1n) is 4.58. The molecule has 3 heteroatoms. The van der Waals surface area contributed by atoms with Gasteiger partial charge in [-0.1, -0.05) is 6.92 Å². The number of halogens is 1. The fourth-order valence-electron chi connectivity index (χ4n) is 1.12. The average Bonchev–Trinajstić information content (AvgIpc) is 2.15. The second-order valence-electron chi connectivity index (χ2n) is 3.05. The monoisotopic (exact) mass is 304 g/mol. The van der Waals surface area contributed by atoms with E-state index in [9.17, 15) is 4.79 Å². The molecule has 1 aromatic rings. The van der Waals surface area contributed by atoms with E-state index in [1.807, 2.05) is 25.1 Å².